The molecule has 0 aliphatic carbocycles. The Balaban J connectivity index is 2.00. The molecular weight excluding hydrogens is 453 g/mol. The summed E-state index contributed by atoms with van der Waals surface area (Å²) in [5, 5.41) is 12.3. The summed E-state index contributed by atoms with van der Waals surface area (Å²) in [6.45, 7) is 4.49. The topological polar surface area (TPSA) is 62.1 Å². The summed E-state index contributed by atoms with van der Waals surface area (Å²) >= 11 is 0. The van der Waals surface area contributed by atoms with Crippen LogP contribution in [0.4, 0.5) is 18.9 Å². The van der Waals surface area contributed by atoms with Crippen LogP contribution in [0, 0.1) is 17.2 Å². The number of nitrogens with zero attached hydrogens (tertiary/aromatic N) is 1. The normalized spacial score (nSPS) is 12.2. The van der Waals surface area contributed by atoms with Gasteiger partial charge in [-0.3, -0.25) is 4.79 Å². The van der Waals surface area contributed by atoms with E-state index in [0.717, 1.165) is 28.9 Å². The molecule has 0 aliphatic rings. The van der Waals surface area contributed by atoms with Gasteiger partial charge in [0, 0.05) is 12.2 Å². The van der Waals surface area contributed by atoms with Crippen LogP contribution >= 0.6 is 0 Å². The number of carbonyl (C=O) groups is 1. The van der Waals surface area contributed by atoms with Crippen molar-refractivity contribution in [1.82, 2.24) is 0 Å². The molecule has 0 aromatic heterocycles. The van der Waals surface area contributed by atoms with Crippen molar-refractivity contribution in [3.05, 3.63) is 89.0 Å². The van der Waals surface area contributed by atoms with Gasteiger partial charge < -0.3 is 10.1 Å². The highest BCUT2D eigenvalue weighted by atomic mass is 19.4. The zero-order valence-electron chi connectivity index (χ0n) is 19.8. The summed E-state index contributed by atoms with van der Waals surface area (Å²) in [7, 11) is 1.35. The number of methoxy groups -OCH3 is 1. The fraction of sp³-hybridized carbons (Fsp3) is 0.286. The lowest BCUT2D eigenvalue weighted by Crippen LogP contribution is -2.17. The zero-order chi connectivity index (χ0) is 25.6. The van der Waals surface area contributed by atoms with Gasteiger partial charge in [-0.1, -0.05) is 44.2 Å². The largest absolute Gasteiger partial charge is 0.469 e. The number of hydrogen-bond acceptors (Lipinski definition) is 4. The number of hydrogen-bond donors (Lipinski definition) is 1. The number of rotatable bonds is 8. The predicted octanol–water partition coefficient (Wildman–Crippen LogP) is 7.16. The van der Waals surface area contributed by atoms with Crippen LogP contribution in [0.1, 0.15) is 48.4 Å². The van der Waals surface area contributed by atoms with E-state index in [0.29, 0.717) is 29.7 Å². The van der Waals surface area contributed by atoms with Crippen molar-refractivity contribution in [3.8, 4) is 17.2 Å². The Hall–Kier alpha value is -3.79. The minimum Gasteiger partial charge on any atom is -0.469 e. The SMILES string of the molecule is COC(=O)[C@H](CC(C)C)c1cc(NCc2ccc(C#N)cc2)cc(-c2ccc(C(F)(F)F)cc2)c1. The van der Waals surface area contributed by atoms with Gasteiger partial charge in [-0.15, -0.1) is 0 Å². The van der Waals surface area contributed by atoms with Crippen molar-refractivity contribution in [3.63, 3.8) is 0 Å². The first kappa shape index (κ1) is 25.8. The fourth-order valence-electron chi connectivity index (χ4n) is 3.86. The quantitative estimate of drug-likeness (QED) is 0.348. The Labute approximate surface area is 203 Å². The molecule has 0 aliphatic heterocycles. The van der Waals surface area contributed by atoms with Crippen molar-refractivity contribution in [2.45, 2.75) is 38.9 Å². The van der Waals surface area contributed by atoms with Gasteiger partial charge in [0.2, 0.25) is 0 Å². The van der Waals surface area contributed by atoms with E-state index in [-0.39, 0.29) is 11.9 Å². The van der Waals surface area contributed by atoms with Crippen LogP contribution in [0.15, 0.2) is 66.7 Å². The summed E-state index contributed by atoms with van der Waals surface area (Å²) in [6.07, 6.45) is -3.85. The molecular formula is C28H27F3N2O2. The summed E-state index contributed by atoms with van der Waals surface area (Å²) in [4.78, 5) is 12.6. The molecule has 1 N–H and O–H groups in total. The molecule has 4 nitrogen and oxygen atoms in total. The first-order chi connectivity index (χ1) is 16.6. The maximum absolute atomic E-state index is 13.0. The Morgan fingerprint density at radius 3 is 2.20 bits per heavy atom. The average molecular weight is 481 g/mol. The van der Waals surface area contributed by atoms with Crippen molar-refractivity contribution in [1.29, 1.82) is 5.26 Å². The van der Waals surface area contributed by atoms with E-state index >= 15 is 0 Å². The van der Waals surface area contributed by atoms with E-state index in [1.807, 2.05) is 44.2 Å². The highest BCUT2D eigenvalue weighted by Gasteiger charge is 2.30. The van der Waals surface area contributed by atoms with Crippen LogP contribution in [-0.4, -0.2) is 13.1 Å². The van der Waals surface area contributed by atoms with Gasteiger partial charge in [0.05, 0.1) is 30.2 Å². The molecule has 0 fully saturated rings. The van der Waals surface area contributed by atoms with E-state index in [2.05, 4.69) is 11.4 Å². The number of nitrogens with one attached hydrogen (secondary N) is 1. The van der Waals surface area contributed by atoms with Crippen LogP contribution in [0.2, 0.25) is 0 Å². The second kappa shape index (κ2) is 11.1. The smallest absolute Gasteiger partial charge is 0.416 e. The third kappa shape index (κ3) is 6.86. The molecule has 3 aromatic rings. The standard InChI is InChI=1S/C28H27F3N2O2/c1-18(2)12-26(27(34)35-3)23-13-22(21-8-10-24(11-9-21)28(29,30)31)14-25(15-23)33-17-20-6-4-19(16-32)5-7-20/h4-11,13-15,18,26,33H,12,17H2,1-3H3/t26-/m1/s1. The lowest BCUT2D eigenvalue weighted by Gasteiger charge is -2.20. The van der Waals surface area contributed by atoms with E-state index in [1.165, 1.54) is 19.2 Å². The van der Waals surface area contributed by atoms with Gasteiger partial charge in [0.15, 0.2) is 0 Å². The number of ether oxygens (including phenoxy) is 1. The molecule has 0 radical (unpaired) electrons. The Kier molecular flexibility index (Phi) is 8.18. The predicted molar refractivity (Wildman–Crippen MR) is 130 cm³/mol. The maximum atomic E-state index is 13.0. The van der Waals surface area contributed by atoms with Crippen LogP contribution in [0.3, 0.4) is 0 Å². The van der Waals surface area contributed by atoms with Crippen molar-refractivity contribution >= 4 is 11.7 Å². The van der Waals surface area contributed by atoms with Crippen molar-refractivity contribution in [2.75, 3.05) is 12.4 Å². The van der Waals surface area contributed by atoms with Crippen LogP contribution in [0.25, 0.3) is 11.1 Å². The van der Waals surface area contributed by atoms with Crippen LogP contribution in [0.5, 0.6) is 0 Å². The second-order valence-electron chi connectivity index (χ2n) is 8.79. The van der Waals surface area contributed by atoms with E-state index < -0.39 is 17.7 Å². The molecule has 0 saturated heterocycles. The van der Waals surface area contributed by atoms with Crippen molar-refractivity contribution < 1.29 is 22.7 Å². The number of benzene rings is 3. The maximum Gasteiger partial charge on any atom is 0.416 e. The van der Waals surface area contributed by atoms with Gasteiger partial charge in [0.1, 0.15) is 0 Å². The van der Waals surface area contributed by atoms with E-state index in [9.17, 15) is 18.0 Å². The molecule has 3 aromatic carbocycles. The summed E-state index contributed by atoms with van der Waals surface area (Å²) in [5.41, 5.74) is 3.55. The number of anilines is 1. The van der Waals surface area contributed by atoms with Crippen molar-refractivity contribution in [2.24, 2.45) is 5.92 Å². The Morgan fingerprint density at radius 2 is 1.66 bits per heavy atom. The second-order valence-corrected chi connectivity index (χ2v) is 8.79. The zero-order valence-corrected chi connectivity index (χ0v) is 19.8. The minimum absolute atomic E-state index is 0.226. The molecule has 182 valence electrons. The molecule has 0 spiro atoms. The van der Waals surface area contributed by atoms with Gasteiger partial charge in [-0.2, -0.15) is 18.4 Å². The highest BCUT2D eigenvalue weighted by Crippen LogP contribution is 2.35. The van der Waals surface area contributed by atoms with Gasteiger partial charge >= 0.3 is 12.1 Å². The highest BCUT2D eigenvalue weighted by molar-refractivity contribution is 5.80. The average Bonchev–Trinajstić information content (AvgIpc) is 2.85. The Morgan fingerprint density at radius 1 is 1.00 bits per heavy atom. The number of alkyl halides is 3. The fourth-order valence-corrected chi connectivity index (χ4v) is 3.86. The van der Waals surface area contributed by atoms with Crippen LogP contribution in [-0.2, 0) is 22.3 Å². The third-order valence-electron chi connectivity index (χ3n) is 5.68. The van der Waals surface area contributed by atoms with Gasteiger partial charge in [-0.25, -0.2) is 0 Å². The molecule has 7 heteroatoms. The van der Waals surface area contributed by atoms with Gasteiger partial charge in [0.25, 0.3) is 0 Å². The molecule has 3 rings (SSSR count). The number of carbonyl (C=O) groups excluding carboxylic acids is 1. The molecule has 0 amide bonds. The summed E-state index contributed by atoms with van der Waals surface area (Å²) in [6, 6.07) is 19.8. The Bertz CT molecular complexity index is 1190. The molecule has 0 heterocycles. The molecule has 0 unspecified atom stereocenters. The molecule has 35 heavy (non-hydrogen) atoms. The minimum atomic E-state index is -4.42. The lowest BCUT2D eigenvalue weighted by atomic mass is 9.88. The number of nitriles is 1. The number of halogens is 3. The molecule has 0 bridgehead atoms. The molecule has 0 saturated carbocycles. The van der Waals surface area contributed by atoms with Crippen LogP contribution < -0.4 is 5.32 Å². The number of esters is 1. The molecule has 1 atom stereocenters. The van der Waals surface area contributed by atoms with E-state index in [1.54, 1.807) is 12.1 Å². The van der Waals surface area contributed by atoms with Gasteiger partial charge in [-0.05, 0) is 71.0 Å². The monoisotopic (exact) mass is 480 g/mol. The summed E-state index contributed by atoms with van der Waals surface area (Å²) < 4.78 is 44.2. The third-order valence-corrected chi connectivity index (χ3v) is 5.68. The van der Waals surface area contributed by atoms with E-state index in [4.69, 9.17) is 10.00 Å². The first-order valence-corrected chi connectivity index (χ1v) is 11.2. The summed E-state index contributed by atoms with van der Waals surface area (Å²) in [5.74, 6) is -0.643. The first-order valence-electron chi connectivity index (χ1n) is 11.2. The lowest BCUT2D eigenvalue weighted by molar-refractivity contribution is -0.143.